The molecule has 0 aliphatic carbocycles. The third-order valence-electron chi connectivity index (χ3n) is 2.56. The lowest BCUT2D eigenvalue weighted by molar-refractivity contribution is -0.274. The van der Waals surface area contributed by atoms with Gasteiger partial charge in [0.25, 0.3) is 0 Å². The Morgan fingerprint density at radius 1 is 1.21 bits per heavy atom. The zero-order valence-corrected chi connectivity index (χ0v) is 11.2. The summed E-state index contributed by atoms with van der Waals surface area (Å²) in [6.07, 6.45) is -4.71. The monoisotopic (exact) mass is 277 g/mol. The van der Waals surface area contributed by atoms with E-state index >= 15 is 0 Å². The van der Waals surface area contributed by atoms with Crippen molar-refractivity contribution in [3.63, 3.8) is 0 Å². The van der Waals surface area contributed by atoms with E-state index in [1.807, 2.05) is 13.8 Å². The van der Waals surface area contributed by atoms with Crippen LogP contribution >= 0.6 is 0 Å². The SMILES string of the molecule is Cc1ccc(OC(F)(F)F)cc1OCC(C)(C)CN. The summed E-state index contributed by atoms with van der Waals surface area (Å²) in [5.74, 6) is 0.0712. The van der Waals surface area contributed by atoms with E-state index in [1.54, 1.807) is 6.92 Å². The first-order chi connectivity index (χ1) is 8.63. The largest absolute Gasteiger partial charge is 0.573 e. The molecule has 6 heteroatoms. The minimum Gasteiger partial charge on any atom is -0.493 e. The van der Waals surface area contributed by atoms with Gasteiger partial charge in [-0.2, -0.15) is 0 Å². The van der Waals surface area contributed by atoms with Crippen LogP contribution in [0.4, 0.5) is 13.2 Å². The summed E-state index contributed by atoms with van der Waals surface area (Å²) in [6, 6.07) is 4.00. The fourth-order valence-electron chi connectivity index (χ4n) is 1.27. The highest BCUT2D eigenvalue weighted by Gasteiger charge is 2.31. The van der Waals surface area contributed by atoms with E-state index in [2.05, 4.69) is 4.74 Å². The van der Waals surface area contributed by atoms with Gasteiger partial charge in [0.15, 0.2) is 0 Å². The van der Waals surface area contributed by atoms with Gasteiger partial charge in [0, 0.05) is 18.0 Å². The molecule has 19 heavy (non-hydrogen) atoms. The Morgan fingerprint density at radius 3 is 2.37 bits per heavy atom. The molecule has 1 aromatic carbocycles. The van der Waals surface area contributed by atoms with Crippen molar-refractivity contribution in [2.75, 3.05) is 13.2 Å². The van der Waals surface area contributed by atoms with Gasteiger partial charge in [0.1, 0.15) is 11.5 Å². The van der Waals surface area contributed by atoms with Gasteiger partial charge < -0.3 is 15.2 Å². The van der Waals surface area contributed by atoms with Crippen molar-refractivity contribution in [2.45, 2.75) is 27.1 Å². The highest BCUT2D eigenvalue weighted by molar-refractivity contribution is 5.40. The first-order valence-corrected chi connectivity index (χ1v) is 5.82. The Labute approximate surface area is 110 Å². The number of benzene rings is 1. The topological polar surface area (TPSA) is 44.5 Å². The molecule has 0 spiro atoms. The van der Waals surface area contributed by atoms with Crippen molar-refractivity contribution >= 4 is 0 Å². The van der Waals surface area contributed by atoms with Gasteiger partial charge >= 0.3 is 6.36 Å². The second-order valence-electron chi connectivity index (χ2n) is 5.13. The number of hydrogen-bond acceptors (Lipinski definition) is 3. The second kappa shape index (κ2) is 5.69. The number of hydrogen-bond donors (Lipinski definition) is 1. The maximum absolute atomic E-state index is 12.1. The van der Waals surface area contributed by atoms with Crippen LogP contribution in [0.15, 0.2) is 18.2 Å². The predicted molar refractivity (Wildman–Crippen MR) is 66.2 cm³/mol. The molecule has 2 N–H and O–H groups in total. The molecule has 0 aliphatic heterocycles. The second-order valence-corrected chi connectivity index (χ2v) is 5.13. The Balaban J connectivity index is 2.80. The van der Waals surface area contributed by atoms with Crippen molar-refractivity contribution in [3.05, 3.63) is 23.8 Å². The van der Waals surface area contributed by atoms with Gasteiger partial charge in [-0.3, -0.25) is 0 Å². The Bertz CT molecular complexity index is 430. The summed E-state index contributed by atoms with van der Waals surface area (Å²) in [5.41, 5.74) is 6.06. The van der Waals surface area contributed by atoms with Crippen LogP contribution < -0.4 is 15.2 Å². The first-order valence-electron chi connectivity index (χ1n) is 5.82. The summed E-state index contributed by atoms with van der Waals surface area (Å²) in [4.78, 5) is 0. The van der Waals surface area contributed by atoms with Gasteiger partial charge in [-0.1, -0.05) is 19.9 Å². The maximum Gasteiger partial charge on any atom is 0.573 e. The molecule has 1 aromatic rings. The van der Waals surface area contributed by atoms with Gasteiger partial charge in [0.2, 0.25) is 0 Å². The van der Waals surface area contributed by atoms with Gasteiger partial charge in [0.05, 0.1) is 6.61 Å². The molecule has 0 aromatic heterocycles. The standard InChI is InChI=1S/C13H18F3NO2/c1-9-4-5-10(19-13(14,15)16)6-11(9)18-8-12(2,3)7-17/h4-6H,7-8,17H2,1-3H3. The number of alkyl halides is 3. The summed E-state index contributed by atoms with van der Waals surface area (Å²) in [6.45, 7) is 6.32. The van der Waals surface area contributed by atoms with E-state index < -0.39 is 6.36 Å². The third-order valence-corrected chi connectivity index (χ3v) is 2.56. The maximum atomic E-state index is 12.1. The molecule has 0 saturated carbocycles. The molecule has 0 bridgehead atoms. The van der Waals surface area contributed by atoms with Gasteiger partial charge in [-0.15, -0.1) is 13.2 Å². The molecule has 0 radical (unpaired) electrons. The van der Waals surface area contributed by atoms with Crippen LogP contribution in [0.5, 0.6) is 11.5 Å². The van der Waals surface area contributed by atoms with Crippen LogP contribution in [-0.2, 0) is 0 Å². The summed E-state index contributed by atoms with van der Waals surface area (Å²) in [5, 5.41) is 0. The van der Waals surface area contributed by atoms with Crippen molar-refractivity contribution in [2.24, 2.45) is 11.1 Å². The third kappa shape index (κ3) is 5.38. The molecule has 0 atom stereocenters. The fraction of sp³-hybridized carbons (Fsp3) is 0.538. The average molecular weight is 277 g/mol. The molecular weight excluding hydrogens is 259 g/mol. The van der Waals surface area contributed by atoms with Crippen LogP contribution in [0, 0.1) is 12.3 Å². The summed E-state index contributed by atoms with van der Waals surface area (Å²) in [7, 11) is 0. The average Bonchev–Trinajstić information content (AvgIpc) is 2.28. The molecule has 1 rings (SSSR count). The minimum absolute atomic E-state index is 0.243. The molecule has 0 saturated heterocycles. The minimum atomic E-state index is -4.71. The molecular formula is C13H18F3NO2. The normalized spacial score (nSPS) is 12.4. The van der Waals surface area contributed by atoms with Gasteiger partial charge in [-0.05, 0) is 18.6 Å². The summed E-state index contributed by atoms with van der Waals surface area (Å²) >= 11 is 0. The lowest BCUT2D eigenvalue weighted by atomic mass is 9.95. The predicted octanol–water partition coefficient (Wildman–Crippen LogP) is 3.26. The van der Waals surface area contributed by atoms with Crippen LogP contribution in [0.1, 0.15) is 19.4 Å². The van der Waals surface area contributed by atoms with Gasteiger partial charge in [-0.25, -0.2) is 0 Å². The highest BCUT2D eigenvalue weighted by atomic mass is 19.4. The first kappa shape index (κ1) is 15.6. The lowest BCUT2D eigenvalue weighted by Gasteiger charge is -2.23. The Morgan fingerprint density at radius 2 is 1.84 bits per heavy atom. The van der Waals surface area contributed by atoms with E-state index in [1.165, 1.54) is 18.2 Å². The number of halogens is 3. The van der Waals surface area contributed by atoms with E-state index in [9.17, 15) is 13.2 Å². The number of rotatable bonds is 5. The fourth-order valence-corrected chi connectivity index (χ4v) is 1.27. The molecule has 0 aliphatic rings. The number of aryl methyl sites for hydroxylation is 1. The van der Waals surface area contributed by atoms with E-state index in [0.717, 1.165) is 5.56 Å². The van der Waals surface area contributed by atoms with E-state index in [-0.39, 0.29) is 11.2 Å². The zero-order chi connectivity index (χ0) is 14.7. The van der Waals surface area contributed by atoms with Crippen molar-refractivity contribution in [1.29, 1.82) is 0 Å². The highest BCUT2D eigenvalue weighted by Crippen LogP contribution is 2.29. The van der Waals surface area contributed by atoms with Crippen molar-refractivity contribution in [1.82, 2.24) is 0 Å². The van der Waals surface area contributed by atoms with Crippen molar-refractivity contribution in [3.8, 4) is 11.5 Å². The van der Waals surface area contributed by atoms with Crippen LogP contribution in [0.25, 0.3) is 0 Å². The molecule has 0 fully saturated rings. The number of nitrogens with two attached hydrogens (primary N) is 1. The van der Waals surface area contributed by atoms with Crippen molar-refractivity contribution < 1.29 is 22.6 Å². The van der Waals surface area contributed by atoms with Crippen LogP contribution in [-0.4, -0.2) is 19.5 Å². The van der Waals surface area contributed by atoms with E-state index in [0.29, 0.717) is 18.9 Å². The Kier molecular flexibility index (Phi) is 4.68. The quantitative estimate of drug-likeness (QED) is 0.898. The lowest BCUT2D eigenvalue weighted by Crippen LogP contribution is -2.30. The zero-order valence-electron chi connectivity index (χ0n) is 11.2. The smallest absolute Gasteiger partial charge is 0.493 e. The molecule has 3 nitrogen and oxygen atoms in total. The van der Waals surface area contributed by atoms with Crippen LogP contribution in [0.2, 0.25) is 0 Å². The molecule has 0 amide bonds. The molecule has 0 unspecified atom stereocenters. The molecule has 108 valence electrons. The Hall–Kier alpha value is -1.43. The van der Waals surface area contributed by atoms with Crippen LogP contribution in [0.3, 0.4) is 0 Å². The van der Waals surface area contributed by atoms with E-state index in [4.69, 9.17) is 10.5 Å². The molecule has 0 heterocycles. The number of ether oxygens (including phenoxy) is 2. The summed E-state index contributed by atoms with van der Waals surface area (Å²) < 4.78 is 45.7.